The minimum Gasteiger partial charge on any atom is -0.341 e. The Hall–Kier alpha value is -1.36. The highest BCUT2D eigenvalue weighted by atomic mass is 32.1. The van der Waals surface area contributed by atoms with Crippen LogP contribution >= 0.6 is 11.3 Å². The molecule has 2 atom stereocenters. The summed E-state index contributed by atoms with van der Waals surface area (Å²) in [6.07, 6.45) is 2.44. The summed E-state index contributed by atoms with van der Waals surface area (Å²) >= 11 is 1.81. The maximum Gasteiger partial charge on any atom is 0.226 e. The lowest BCUT2D eigenvalue weighted by atomic mass is 10.2. The molecule has 2 fully saturated rings. The molecule has 1 saturated carbocycles. The largest absolute Gasteiger partial charge is 0.341 e. The van der Waals surface area contributed by atoms with Crippen LogP contribution < -0.4 is 0 Å². The van der Waals surface area contributed by atoms with Crippen molar-refractivity contribution in [2.75, 3.05) is 26.2 Å². The van der Waals surface area contributed by atoms with Gasteiger partial charge in [0.2, 0.25) is 11.8 Å². The lowest BCUT2D eigenvalue weighted by Gasteiger charge is -2.22. The van der Waals surface area contributed by atoms with E-state index in [9.17, 15) is 9.59 Å². The molecule has 1 aromatic heterocycles. The fraction of sp³-hybridized carbons (Fsp3) is 0.647. The lowest BCUT2D eigenvalue weighted by molar-refractivity contribution is -0.134. The van der Waals surface area contributed by atoms with Gasteiger partial charge in [-0.15, -0.1) is 11.3 Å². The molecule has 1 aromatic rings. The van der Waals surface area contributed by atoms with Crippen LogP contribution in [0.4, 0.5) is 0 Å². The Balaban J connectivity index is 1.56. The second-order valence-electron chi connectivity index (χ2n) is 6.31. The molecule has 0 spiro atoms. The number of hydrogen-bond acceptors (Lipinski definition) is 3. The third-order valence-corrected chi connectivity index (χ3v) is 5.83. The summed E-state index contributed by atoms with van der Waals surface area (Å²) in [7, 11) is 0. The number of rotatable bonds is 3. The number of nitrogens with zero attached hydrogens (tertiary/aromatic N) is 2. The summed E-state index contributed by atoms with van der Waals surface area (Å²) in [6, 6.07) is 4.31. The van der Waals surface area contributed by atoms with Crippen LogP contribution in [0.3, 0.4) is 0 Å². The van der Waals surface area contributed by atoms with Crippen LogP contribution in [-0.2, 0) is 9.59 Å². The average Bonchev–Trinajstić information content (AvgIpc) is 3.26. The predicted octanol–water partition coefficient (Wildman–Crippen LogP) is 2.63. The molecule has 4 nitrogen and oxygen atoms in total. The van der Waals surface area contributed by atoms with Crippen LogP contribution in [0.5, 0.6) is 0 Å². The van der Waals surface area contributed by atoms with Gasteiger partial charge in [0.05, 0.1) is 0 Å². The zero-order valence-electron chi connectivity index (χ0n) is 13.4. The van der Waals surface area contributed by atoms with E-state index in [2.05, 4.69) is 19.1 Å². The first-order valence-corrected chi connectivity index (χ1v) is 9.04. The molecule has 5 heteroatoms. The predicted molar refractivity (Wildman–Crippen MR) is 88.0 cm³/mol. The molecule has 0 N–H and O–H groups in total. The molecule has 3 rings (SSSR count). The smallest absolute Gasteiger partial charge is 0.226 e. The van der Waals surface area contributed by atoms with Crippen molar-refractivity contribution in [1.82, 2.24) is 9.80 Å². The Morgan fingerprint density at radius 1 is 1.18 bits per heavy atom. The second kappa shape index (κ2) is 6.41. The number of amides is 2. The van der Waals surface area contributed by atoms with Gasteiger partial charge < -0.3 is 9.80 Å². The summed E-state index contributed by atoms with van der Waals surface area (Å²) in [5, 5.41) is 0. The molecule has 0 radical (unpaired) electrons. The van der Waals surface area contributed by atoms with Crippen molar-refractivity contribution in [3.8, 4) is 0 Å². The summed E-state index contributed by atoms with van der Waals surface area (Å²) in [5.74, 6) is 1.10. The zero-order valence-corrected chi connectivity index (χ0v) is 14.2. The molecule has 2 heterocycles. The van der Waals surface area contributed by atoms with Crippen LogP contribution in [0.15, 0.2) is 12.1 Å². The van der Waals surface area contributed by atoms with E-state index in [1.54, 1.807) is 0 Å². The Labute approximate surface area is 136 Å². The molecule has 1 saturated heterocycles. The third-order valence-electron chi connectivity index (χ3n) is 4.70. The molecule has 0 bridgehead atoms. The summed E-state index contributed by atoms with van der Waals surface area (Å²) < 4.78 is 0. The first-order valence-electron chi connectivity index (χ1n) is 8.23. The number of aryl methyl sites for hydroxylation is 1. The van der Waals surface area contributed by atoms with Gasteiger partial charge in [-0.3, -0.25) is 9.59 Å². The van der Waals surface area contributed by atoms with E-state index in [0.29, 0.717) is 31.3 Å². The minimum absolute atomic E-state index is 0.173. The molecule has 0 aromatic carbocycles. The maximum atomic E-state index is 12.7. The Morgan fingerprint density at radius 3 is 2.59 bits per heavy atom. The van der Waals surface area contributed by atoms with Crippen LogP contribution in [0.1, 0.15) is 41.9 Å². The quantitative estimate of drug-likeness (QED) is 0.859. The molecule has 1 aliphatic carbocycles. The molecule has 22 heavy (non-hydrogen) atoms. The monoisotopic (exact) mass is 320 g/mol. The zero-order chi connectivity index (χ0) is 15.7. The van der Waals surface area contributed by atoms with Gasteiger partial charge in [-0.05, 0) is 31.9 Å². The van der Waals surface area contributed by atoms with Gasteiger partial charge in [-0.2, -0.15) is 0 Å². The molecule has 2 aliphatic rings. The van der Waals surface area contributed by atoms with Gasteiger partial charge in [0, 0.05) is 54.2 Å². The van der Waals surface area contributed by atoms with Crippen molar-refractivity contribution >= 4 is 23.2 Å². The normalized spacial score (nSPS) is 25.0. The van der Waals surface area contributed by atoms with Crippen LogP contribution in [0.2, 0.25) is 0 Å². The fourth-order valence-corrected chi connectivity index (χ4v) is 4.34. The highest BCUT2D eigenvalue weighted by Crippen LogP contribution is 2.50. The van der Waals surface area contributed by atoms with Crippen LogP contribution in [-0.4, -0.2) is 47.8 Å². The number of thiophene rings is 1. The Morgan fingerprint density at radius 2 is 1.91 bits per heavy atom. The van der Waals surface area contributed by atoms with E-state index in [-0.39, 0.29) is 11.8 Å². The van der Waals surface area contributed by atoms with Crippen LogP contribution in [0, 0.1) is 12.8 Å². The number of hydrogen-bond donors (Lipinski definition) is 0. The van der Waals surface area contributed by atoms with Crippen molar-refractivity contribution in [2.24, 2.45) is 5.92 Å². The number of carbonyl (C=O) groups is 2. The Kier molecular flexibility index (Phi) is 4.52. The topological polar surface area (TPSA) is 40.6 Å². The van der Waals surface area contributed by atoms with Crippen molar-refractivity contribution in [1.29, 1.82) is 0 Å². The fourth-order valence-electron chi connectivity index (χ4n) is 3.28. The van der Waals surface area contributed by atoms with Gasteiger partial charge in [-0.1, -0.05) is 6.92 Å². The Bertz CT molecular complexity index is 569. The summed E-state index contributed by atoms with van der Waals surface area (Å²) in [6.45, 7) is 6.97. The van der Waals surface area contributed by atoms with Gasteiger partial charge in [0.1, 0.15) is 0 Å². The molecular weight excluding hydrogens is 296 g/mol. The van der Waals surface area contributed by atoms with E-state index >= 15 is 0 Å². The lowest BCUT2D eigenvalue weighted by Crippen LogP contribution is -2.37. The van der Waals surface area contributed by atoms with E-state index in [0.717, 1.165) is 25.9 Å². The first-order chi connectivity index (χ1) is 10.6. The van der Waals surface area contributed by atoms with Gasteiger partial charge >= 0.3 is 0 Å². The van der Waals surface area contributed by atoms with E-state index < -0.39 is 0 Å². The molecule has 2 amide bonds. The van der Waals surface area contributed by atoms with Crippen molar-refractivity contribution < 1.29 is 9.59 Å². The molecule has 120 valence electrons. The van der Waals surface area contributed by atoms with Crippen molar-refractivity contribution in [3.05, 3.63) is 21.9 Å². The summed E-state index contributed by atoms with van der Waals surface area (Å²) in [5.41, 5.74) is 0. The highest BCUT2D eigenvalue weighted by molar-refractivity contribution is 7.12. The van der Waals surface area contributed by atoms with Gasteiger partial charge in [0.15, 0.2) is 0 Å². The van der Waals surface area contributed by atoms with E-state index in [1.807, 2.05) is 28.1 Å². The van der Waals surface area contributed by atoms with Crippen molar-refractivity contribution in [3.63, 3.8) is 0 Å². The van der Waals surface area contributed by atoms with Gasteiger partial charge in [0.25, 0.3) is 0 Å². The number of carbonyl (C=O) groups excluding carboxylic acids is 2. The third kappa shape index (κ3) is 3.19. The average molecular weight is 320 g/mol. The first kappa shape index (κ1) is 15.5. The van der Waals surface area contributed by atoms with E-state index in [1.165, 1.54) is 9.75 Å². The summed E-state index contributed by atoms with van der Waals surface area (Å²) in [4.78, 5) is 31.0. The van der Waals surface area contributed by atoms with Crippen molar-refractivity contribution in [2.45, 2.75) is 39.0 Å². The molecular formula is C17H24N2O2S. The molecule has 1 aliphatic heterocycles. The minimum atomic E-state index is 0.173. The van der Waals surface area contributed by atoms with E-state index in [4.69, 9.17) is 0 Å². The highest BCUT2D eigenvalue weighted by Gasteiger charge is 2.46. The standard InChI is InChI=1S/C17H24N2O2S/c1-3-16(20)18-7-4-8-19(10-9-18)17(21)14-11-13(14)15-6-5-12(2)22-15/h5-6,13-14H,3-4,7-11H2,1-2H3/t13-,14+/m0/s1. The second-order valence-corrected chi connectivity index (χ2v) is 7.63. The maximum absolute atomic E-state index is 12.7. The molecule has 0 unspecified atom stereocenters. The van der Waals surface area contributed by atoms with Crippen LogP contribution in [0.25, 0.3) is 0 Å². The SMILES string of the molecule is CCC(=O)N1CCCN(C(=O)[C@@H]2C[C@@H]2c2ccc(C)s2)CC1. The van der Waals surface area contributed by atoms with Gasteiger partial charge in [-0.25, -0.2) is 0 Å².